The molecule has 2 rings (SSSR count). The predicted octanol–water partition coefficient (Wildman–Crippen LogP) is 1.90. The molecule has 2 N–H and O–H groups in total. The van der Waals surface area contributed by atoms with Crippen molar-refractivity contribution in [3.63, 3.8) is 0 Å². The van der Waals surface area contributed by atoms with E-state index in [1.54, 1.807) is 12.1 Å². The van der Waals surface area contributed by atoms with Crippen LogP contribution in [0.25, 0.3) is 0 Å². The Morgan fingerprint density at radius 3 is 2.60 bits per heavy atom. The van der Waals surface area contributed by atoms with E-state index >= 15 is 0 Å². The largest absolute Gasteiger partial charge is 0.472 e. The number of rotatable bonds is 4. The first-order valence-corrected chi connectivity index (χ1v) is 6.93. The van der Waals surface area contributed by atoms with E-state index in [1.807, 2.05) is 20.8 Å². The second kappa shape index (κ2) is 5.40. The zero-order chi connectivity index (χ0) is 14.8. The molecule has 1 heterocycles. The smallest absolute Gasteiger partial charge is 0.252 e. The van der Waals surface area contributed by atoms with Gasteiger partial charge in [0.15, 0.2) is 0 Å². The van der Waals surface area contributed by atoms with Crippen LogP contribution in [0.15, 0.2) is 18.3 Å². The van der Waals surface area contributed by atoms with Crippen LogP contribution in [0.1, 0.15) is 50.4 Å². The zero-order valence-electron chi connectivity index (χ0n) is 12.3. The van der Waals surface area contributed by atoms with Gasteiger partial charge in [-0.2, -0.15) is 0 Å². The van der Waals surface area contributed by atoms with Crippen LogP contribution >= 0.6 is 0 Å². The van der Waals surface area contributed by atoms with Gasteiger partial charge in [0.2, 0.25) is 5.88 Å². The third kappa shape index (κ3) is 3.93. The fourth-order valence-corrected chi connectivity index (χ4v) is 2.00. The van der Waals surface area contributed by atoms with Crippen molar-refractivity contribution in [2.45, 2.75) is 51.2 Å². The van der Waals surface area contributed by atoms with Crippen molar-refractivity contribution in [2.75, 3.05) is 6.54 Å². The standard InChI is InChI=1S/C15H22N2O3/c1-14(2,3)20-12-6-5-11(9-16-12)13(18)17-10-15(19)7-4-8-15/h5-6,9,19H,4,7-8,10H2,1-3H3,(H,17,18). The van der Waals surface area contributed by atoms with Crippen molar-refractivity contribution in [3.05, 3.63) is 23.9 Å². The lowest BCUT2D eigenvalue weighted by molar-refractivity contribution is -0.0300. The van der Waals surface area contributed by atoms with Gasteiger partial charge in [0.1, 0.15) is 5.60 Å². The van der Waals surface area contributed by atoms with E-state index in [-0.39, 0.29) is 11.5 Å². The van der Waals surface area contributed by atoms with Crippen molar-refractivity contribution < 1.29 is 14.6 Å². The minimum absolute atomic E-state index is 0.222. The molecule has 1 aliphatic rings. The monoisotopic (exact) mass is 278 g/mol. The summed E-state index contributed by atoms with van der Waals surface area (Å²) in [4.78, 5) is 16.0. The van der Waals surface area contributed by atoms with Crippen LogP contribution < -0.4 is 10.1 Å². The van der Waals surface area contributed by atoms with Crippen LogP contribution in [-0.4, -0.2) is 33.7 Å². The van der Waals surface area contributed by atoms with Gasteiger partial charge in [-0.1, -0.05) is 0 Å². The normalized spacial score (nSPS) is 17.2. The Labute approximate surface area is 119 Å². The Kier molecular flexibility index (Phi) is 3.99. The summed E-state index contributed by atoms with van der Waals surface area (Å²) < 4.78 is 5.59. The average molecular weight is 278 g/mol. The molecule has 1 amide bonds. The first kappa shape index (κ1) is 14.8. The first-order chi connectivity index (χ1) is 9.27. The SMILES string of the molecule is CC(C)(C)Oc1ccc(C(=O)NCC2(O)CCC2)cn1. The van der Waals surface area contributed by atoms with Gasteiger partial charge in [-0.05, 0) is 46.1 Å². The van der Waals surface area contributed by atoms with E-state index < -0.39 is 5.60 Å². The Balaban J connectivity index is 1.90. The summed E-state index contributed by atoms with van der Waals surface area (Å²) in [5.41, 5.74) is -0.558. The first-order valence-electron chi connectivity index (χ1n) is 6.93. The van der Waals surface area contributed by atoms with Gasteiger partial charge in [0, 0.05) is 18.8 Å². The van der Waals surface area contributed by atoms with Crippen molar-refractivity contribution in [1.82, 2.24) is 10.3 Å². The molecule has 20 heavy (non-hydrogen) atoms. The van der Waals surface area contributed by atoms with Gasteiger partial charge in [-0.15, -0.1) is 0 Å². The number of carbonyl (C=O) groups is 1. The molecule has 1 fully saturated rings. The Morgan fingerprint density at radius 2 is 2.15 bits per heavy atom. The van der Waals surface area contributed by atoms with E-state index in [0.29, 0.717) is 18.0 Å². The van der Waals surface area contributed by atoms with E-state index in [2.05, 4.69) is 10.3 Å². The van der Waals surface area contributed by atoms with Gasteiger partial charge in [0.05, 0.1) is 11.2 Å². The molecule has 0 unspecified atom stereocenters. The summed E-state index contributed by atoms with van der Waals surface area (Å²) in [6, 6.07) is 3.35. The molecule has 0 radical (unpaired) electrons. The summed E-state index contributed by atoms with van der Waals surface area (Å²) >= 11 is 0. The van der Waals surface area contributed by atoms with Crippen LogP contribution in [0, 0.1) is 0 Å². The number of hydrogen-bond donors (Lipinski definition) is 2. The van der Waals surface area contributed by atoms with Crippen molar-refractivity contribution >= 4 is 5.91 Å². The number of pyridine rings is 1. The van der Waals surface area contributed by atoms with Gasteiger partial charge in [0.25, 0.3) is 5.91 Å². The summed E-state index contributed by atoms with van der Waals surface area (Å²) in [6.45, 7) is 6.11. The highest BCUT2D eigenvalue weighted by atomic mass is 16.5. The topological polar surface area (TPSA) is 71.5 Å². The predicted molar refractivity (Wildman–Crippen MR) is 75.8 cm³/mol. The summed E-state index contributed by atoms with van der Waals surface area (Å²) in [5, 5.41) is 12.7. The maximum atomic E-state index is 11.9. The molecular formula is C15H22N2O3. The van der Waals surface area contributed by atoms with Crippen LogP contribution in [0.3, 0.4) is 0 Å². The fourth-order valence-electron chi connectivity index (χ4n) is 2.00. The average Bonchev–Trinajstić information content (AvgIpc) is 2.32. The summed E-state index contributed by atoms with van der Waals surface area (Å²) in [7, 11) is 0. The number of hydrogen-bond acceptors (Lipinski definition) is 4. The quantitative estimate of drug-likeness (QED) is 0.882. The van der Waals surface area contributed by atoms with Crippen LogP contribution in [-0.2, 0) is 0 Å². The number of aromatic nitrogens is 1. The van der Waals surface area contributed by atoms with Crippen molar-refractivity contribution in [3.8, 4) is 5.88 Å². The molecule has 5 nitrogen and oxygen atoms in total. The molecule has 0 bridgehead atoms. The molecule has 0 aromatic carbocycles. The van der Waals surface area contributed by atoms with Crippen LogP contribution in [0.4, 0.5) is 0 Å². The molecule has 110 valence electrons. The van der Waals surface area contributed by atoms with Crippen molar-refractivity contribution in [2.24, 2.45) is 0 Å². The zero-order valence-corrected chi connectivity index (χ0v) is 12.3. The fraction of sp³-hybridized carbons (Fsp3) is 0.600. The van der Waals surface area contributed by atoms with E-state index in [1.165, 1.54) is 6.20 Å². The lowest BCUT2D eigenvalue weighted by atomic mass is 9.80. The van der Waals surface area contributed by atoms with E-state index in [0.717, 1.165) is 19.3 Å². The van der Waals surface area contributed by atoms with Gasteiger partial charge in [-0.25, -0.2) is 4.98 Å². The van der Waals surface area contributed by atoms with E-state index in [4.69, 9.17) is 4.74 Å². The molecule has 0 aliphatic heterocycles. The second-order valence-electron chi connectivity index (χ2n) is 6.36. The number of amides is 1. The van der Waals surface area contributed by atoms with Gasteiger partial charge >= 0.3 is 0 Å². The summed E-state index contributed by atoms with van der Waals surface area (Å²) in [6.07, 6.45) is 4.02. The van der Waals surface area contributed by atoms with E-state index in [9.17, 15) is 9.90 Å². The molecule has 1 aliphatic carbocycles. The number of carbonyl (C=O) groups excluding carboxylic acids is 1. The highest BCUT2D eigenvalue weighted by Gasteiger charge is 2.34. The highest BCUT2D eigenvalue weighted by Crippen LogP contribution is 2.30. The summed E-state index contributed by atoms with van der Waals surface area (Å²) in [5.74, 6) is 0.270. The molecule has 0 atom stereocenters. The maximum absolute atomic E-state index is 11.9. The Hall–Kier alpha value is -1.62. The van der Waals surface area contributed by atoms with Crippen LogP contribution in [0.2, 0.25) is 0 Å². The maximum Gasteiger partial charge on any atom is 0.252 e. The second-order valence-corrected chi connectivity index (χ2v) is 6.36. The minimum Gasteiger partial charge on any atom is -0.472 e. The third-order valence-electron chi connectivity index (χ3n) is 3.27. The molecular weight excluding hydrogens is 256 g/mol. The molecule has 0 saturated heterocycles. The number of nitrogens with zero attached hydrogens (tertiary/aromatic N) is 1. The lowest BCUT2D eigenvalue weighted by Crippen LogP contribution is -2.47. The van der Waals surface area contributed by atoms with Gasteiger partial charge < -0.3 is 15.2 Å². The number of aliphatic hydroxyl groups is 1. The molecule has 1 aromatic heterocycles. The third-order valence-corrected chi connectivity index (χ3v) is 3.27. The lowest BCUT2D eigenvalue weighted by Gasteiger charge is -2.36. The Morgan fingerprint density at radius 1 is 1.45 bits per heavy atom. The molecule has 1 saturated carbocycles. The molecule has 5 heteroatoms. The molecule has 0 spiro atoms. The molecule has 1 aromatic rings. The number of nitrogens with one attached hydrogen (secondary N) is 1. The Bertz CT molecular complexity index is 473. The highest BCUT2D eigenvalue weighted by molar-refractivity contribution is 5.93. The van der Waals surface area contributed by atoms with Crippen molar-refractivity contribution in [1.29, 1.82) is 0 Å². The number of ether oxygens (including phenoxy) is 1. The minimum atomic E-state index is -0.710. The van der Waals surface area contributed by atoms with Gasteiger partial charge in [-0.3, -0.25) is 4.79 Å². The van der Waals surface area contributed by atoms with Crippen LogP contribution in [0.5, 0.6) is 5.88 Å².